The number of benzene rings is 2. The van der Waals surface area contributed by atoms with Gasteiger partial charge in [0.25, 0.3) is 0 Å². The third-order valence-electron chi connectivity index (χ3n) is 3.99. The van der Waals surface area contributed by atoms with Crippen LogP contribution in [0.2, 0.25) is 0 Å². The molecule has 2 aromatic carbocycles. The lowest BCUT2D eigenvalue weighted by Crippen LogP contribution is -2.36. The van der Waals surface area contributed by atoms with Crippen LogP contribution in [0.1, 0.15) is 11.1 Å². The van der Waals surface area contributed by atoms with E-state index < -0.39 is 5.82 Å². The van der Waals surface area contributed by atoms with E-state index in [1.807, 2.05) is 12.1 Å². The molecule has 0 saturated carbocycles. The minimum absolute atomic E-state index is 0.198. The van der Waals surface area contributed by atoms with Gasteiger partial charge in [-0.25, -0.2) is 4.39 Å². The largest absolute Gasteiger partial charge is 0.494 e. The molecular weight excluding hydrogens is 323 g/mol. The zero-order valence-electron chi connectivity index (χ0n) is 14.2. The van der Waals surface area contributed by atoms with E-state index in [-0.39, 0.29) is 12.4 Å². The molecule has 1 aliphatic rings. The molecule has 3 rings (SSSR count). The van der Waals surface area contributed by atoms with Crippen molar-refractivity contribution in [2.24, 2.45) is 5.16 Å². The van der Waals surface area contributed by atoms with E-state index in [9.17, 15) is 4.39 Å². The summed E-state index contributed by atoms with van der Waals surface area (Å²) in [5, 5.41) is 3.94. The summed E-state index contributed by atoms with van der Waals surface area (Å²) in [5.74, 6) is -0.195. The van der Waals surface area contributed by atoms with Crippen LogP contribution in [0.5, 0.6) is 5.75 Å². The summed E-state index contributed by atoms with van der Waals surface area (Å²) in [6, 6.07) is 12.8. The molecule has 0 aromatic heterocycles. The first kappa shape index (κ1) is 17.2. The maximum absolute atomic E-state index is 13.6. The van der Waals surface area contributed by atoms with Gasteiger partial charge in [-0.05, 0) is 35.4 Å². The predicted molar refractivity (Wildman–Crippen MR) is 94.8 cm³/mol. The number of methoxy groups -OCH3 is 1. The first-order chi connectivity index (χ1) is 12.3. The van der Waals surface area contributed by atoms with Crippen molar-refractivity contribution in [2.45, 2.75) is 6.61 Å². The summed E-state index contributed by atoms with van der Waals surface area (Å²) in [6.45, 7) is 3.55. The highest BCUT2D eigenvalue weighted by Crippen LogP contribution is 2.18. The van der Waals surface area contributed by atoms with Crippen LogP contribution < -0.4 is 9.64 Å². The first-order valence-electron chi connectivity index (χ1n) is 8.17. The Hall–Kier alpha value is -2.60. The zero-order chi connectivity index (χ0) is 17.5. The van der Waals surface area contributed by atoms with Gasteiger partial charge < -0.3 is 19.2 Å². The normalized spacial score (nSPS) is 14.7. The van der Waals surface area contributed by atoms with E-state index in [0.29, 0.717) is 5.56 Å². The van der Waals surface area contributed by atoms with Crippen LogP contribution >= 0.6 is 0 Å². The maximum Gasteiger partial charge on any atom is 0.165 e. The van der Waals surface area contributed by atoms with Crippen molar-refractivity contribution < 1.29 is 18.7 Å². The van der Waals surface area contributed by atoms with E-state index >= 15 is 0 Å². The Balaban J connectivity index is 1.51. The number of nitrogens with zero attached hydrogens (tertiary/aromatic N) is 2. The molecule has 0 spiro atoms. The lowest BCUT2D eigenvalue weighted by molar-refractivity contribution is 0.122. The zero-order valence-corrected chi connectivity index (χ0v) is 14.2. The molecule has 2 aromatic rings. The molecule has 0 atom stereocenters. The Morgan fingerprint density at radius 3 is 2.60 bits per heavy atom. The number of hydrogen-bond donors (Lipinski definition) is 0. The third kappa shape index (κ3) is 4.70. The van der Waals surface area contributed by atoms with E-state index in [1.54, 1.807) is 18.3 Å². The second kappa shape index (κ2) is 8.48. The van der Waals surface area contributed by atoms with Crippen molar-refractivity contribution in [1.29, 1.82) is 0 Å². The Kier molecular flexibility index (Phi) is 5.85. The van der Waals surface area contributed by atoms with E-state index in [4.69, 9.17) is 14.3 Å². The van der Waals surface area contributed by atoms with Crippen LogP contribution in [0, 0.1) is 5.82 Å². The molecule has 1 aliphatic heterocycles. The van der Waals surface area contributed by atoms with Crippen molar-refractivity contribution in [2.75, 3.05) is 38.3 Å². The first-order valence-corrected chi connectivity index (χ1v) is 8.17. The second-order valence-electron chi connectivity index (χ2n) is 5.67. The van der Waals surface area contributed by atoms with Crippen molar-refractivity contribution in [1.82, 2.24) is 0 Å². The Bertz CT molecular complexity index is 713. The van der Waals surface area contributed by atoms with Crippen molar-refractivity contribution in [3.8, 4) is 5.75 Å². The minimum atomic E-state index is -0.411. The molecule has 1 heterocycles. The smallest absolute Gasteiger partial charge is 0.165 e. The van der Waals surface area contributed by atoms with E-state index in [1.165, 1.54) is 18.9 Å². The van der Waals surface area contributed by atoms with Gasteiger partial charge in [0, 0.05) is 18.8 Å². The summed E-state index contributed by atoms with van der Waals surface area (Å²) in [5.41, 5.74) is 2.81. The Morgan fingerprint density at radius 1 is 1.16 bits per heavy atom. The molecule has 132 valence electrons. The quantitative estimate of drug-likeness (QED) is 0.596. The number of morpholine rings is 1. The van der Waals surface area contributed by atoms with Crippen LogP contribution in [0.15, 0.2) is 47.6 Å². The third-order valence-corrected chi connectivity index (χ3v) is 3.99. The van der Waals surface area contributed by atoms with Crippen LogP contribution in [0.25, 0.3) is 0 Å². The molecule has 1 saturated heterocycles. The predicted octanol–water partition coefficient (Wildman–Crippen LogP) is 3.22. The van der Waals surface area contributed by atoms with Gasteiger partial charge in [-0.1, -0.05) is 23.4 Å². The number of halogens is 1. The summed E-state index contributed by atoms with van der Waals surface area (Å²) in [7, 11) is 1.43. The number of oxime groups is 1. The molecule has 0 radical (unpaired) electrons. The number of hydrogen-bond acceptors (Lipinski definition) is 5. The van der Waals surface area contributed by atoms with Crippen LogP contribution in [-0.2, 0) is 16.2 Å². The highest BCUT2D eigenvalue weighted by atomic mass is 19.1. The number of anilines is 1. The summed E-state index contributed by atoms with van der Waals surface area (Å²) in [6.07, 6.45) is 1.64. The molecule has 0 unspecified atom stereocenters. The SMILES string of the molecule is COc1ccc(CO/N=C/c2ccc(N3CCOCC3)cc2)cc1F. The lowest BCUT2D eigenvalue weighted by atomic mass is 10.2. The fraction of sp³-hybridized carbons (Fsp3) is 0.316. The molecular formula is C19H21FN2O3. The highest BCUT2D eigenvalue weighted by molar-refractivity contribution is 5.79. The topological polar surface area (TPSA) is 43.3 Å². The molecule has 25 heavy (non-hydrogen) atoms. The number of rotatable bonds is 6. The van der Waals surface area contributed by atoms with Gasteiger partial charge in [0.1, 0.15) is 6.61 Å². The van der Waals surface area contributed by atoms with Gasteiger partial charge in [-0.3, -0.25) is 0 Å². The molecule has 6 heteroatoms. The maximum atomic E-state index is 13.6. The van der Waals surface area contributed by atoms with Gasteiger partial charge in [0.2, 0.25) is 0 Å². The van der Waals surface area contributed by atoms with Crippen molar-refractivity contribution >= 4 is 11.9 Å². The molecule has 0 N–H and O–H groups in total. The summed E-state index contributed by atoms with van der Waals surface area (Å²) < 4.78 is 23.8. The van der Waals surface area contributed by atoms with Gasteiger partial charge in [-0.15, -0.1) is 0 Å². The highest BCUT2D eigenvalue weighted by Gasteiger charge is 2.10. The molecule has 0 bridgehead atoms. The van der Waals surface area contributed by atoms with Crippen molar-refractivity contribution in [3.05, 3.63) is 59.4 Å². The Labute approximate surface area is 146 Å². The summed E-state index contributed by atoms with van der Waals surface area (Å²) >= 11 is 0. The monoisotopic (exact) mass is 344 g/mol. The van der Waals surface area contributed by atoms with E-state index in [2.05, 4.69) is 22.2 Å². The lowest BCUT2D eigenvalue weighted by Gasteiger charge is -2.28. The van der Waals surface area contributed by atoms with Gasteiger partial charge >= 0.3 is 0 Å². The van der Waals surface area contributed by atoms with E-state index in [0.717, 1.165) is 31.9 Å². The number of ether oxygens (including phenoxy) is 2. The van der Waals surface area contributed by atoms with Crippen LogP contribution in [-0.4, -0.2) is 39.6 Å². The molecule has 1 fully saturated rings. The van der Waals surface area contributed by atoms with Crippen LogP contribution in [0.3, 0.4) is 0 Å². The second-order valence-corrected chi connectivity index (χ2v) is 5.67. The van der Waals surface area contributed by atoms with Crippen molar-refractivity contribution in [3.63, 3.8) is 0 Å². The van der Waals surface area contributed by atoms with Gasteiger partial charge in [0.05, 0.1) is 26.5 Å². The average Bonchev–Trinajstić information content (AvgIpc) is 2.66. The summed E-state index contributed by atoms with van der Waals surface area (Å²) in [4.78, 5) is 7.52. The molecule has 0 aliphatic carbocycles. The minimum Gasteiger partial charge on any atom is -0.494 e. The molecule has 0 amide bonds. The molecule has 5 nitrogen and oxygen atoms in total. The van der Waals surface area contributed by atoms with Gasteiger partial charge in [0.15, 0.2) is 11.6 Å². The fourth-order valence-electron chi connectivity index (χ4n) is 2.60. The average molecular weight is 344 g/mol. The van der Waals surface area contributed by atoms with Gasteiger partial charge in [-0.2, -0.15) is 0 Å². The standard InChI is InChI=1S/C19H21FN2O3/c1-23-19-7-4-16(12-18(19)20)14-25-21-13-15-2-5-17(6-3-15)22-8-10-24-11-9-22/h2-7,12-13H,8-11,14H2,1H3/b21-13+. The fourth-order valence-corrected chi connectivity index (χ4v) is 2.60. The Morgan fingerprint density at radius 2 is 1.92 bits per heavy atom. The van der Waals surface area contributed by atoms with Crippen LogP contribution in [0.4, 0.5) is 10.1 Å².